The third kappa shape index (κ3) is 5.43. The number of aryl methyl sites for hydroxylation is 1. The molecule has 1 saturated carbocycles. The average molecular weight is 563 g/mol. The largest absolute Gasteiger partial charge is 0.496 e. The number of nitrogens with zero attached hydrogens (tertiary/aromatic N) is 2. The van der Waals surface area contributed by atoms with Crippen LogP contribution in [0.2, 0.25) is 0 Å². The first-order valence-electron chi connectivity index (χ1n) is 14.0. The second kappa shape index (κ2) is 10.5. The molecule has 0 spiro atoms. The van der Waals surface area contributed by atoms with Crippen LogP contribution in [0.1, 0.15) is 84.3 Å². The van der Waals surface area contributed by atoms with Gasteiger partial charge in [-0.15, -0.1) is 0 Å². The number of fused-ring (bicyclic) bond motifs is 1. The van der Waals surface area contributed by atoms with E-state index in [-0.39, 0.29) is 11.8 Å². The number of hydrogen-bond acceptors (Lipinski definition) is 7. The number of piperidine rings is 1. The molecule has 41 heavy (non-hydrogen) atoms. The summed E-state index contributed by atoms with van der Waals surface area (Å²) < 4.78 is 17.6. The second-order valence-corrected chi connectivity index (χ2v) is 12.2. The fourth-order valence-corrected chi connectivity index (χ4v) is 6.00. The quantitative estimate of drug-likeness (QED) is 0.401. The highest BCUT2D eigenvalue weighted by Crippen LogP contribution is 2.50. The Hall–Kier alpha value is -3.85. The zero-order valence-electron chi connectivity index (χ0n) is 24.5. The van der Waals surface area contributed by atoms with E-state index < -0.39 is 29.3 Å². The summed E-state index contributed by atoms with van der Waals surface area (Å²) in [5, 5.41) is 12.2. The Kier molecular flexibility index (Phi) is 7.36. The normalized spacial score (nSPS) is 21.0. The number of amides is 1. The number of ether oxygens (including phenoxy) is 3. The predicted octanol–water partition coefficient (Wildman–Crippen LogP) is 5.65. The predicted molar refractivity (Wildman–Crippen MR) is 153 cm³/mol. The Labute approximate surface area is 240 Å². The first-order chi connectivity index (χ1) is 19.4. The summed E-state index contributed by atoms with van der Waals surface area (Å²) in [5.74, 6) is -0.0672. The van der Waals surface area contributed by atoms with Gasteiger partial charge in [-0.3, -0.25) is 9.36 Å². The van der Waals surface area contributed by atoms with E-state index >= 15 is 0 Å². The van der Waals surface area contributed by atoms with Gasteiger partial charge in [0.15, 0.2) is 0 Å². The van der Waals surface area contributed by atoms with Gasteiger partial charge in [0.25, 0.3) is 5.91 Å². The van der Waals surface area contributed by atoms with Crippen molar-refractivity contribution in [2.45, 2.75) is 70.6 Å². The summed E-state index contributed by atoms with van der Waals surface area (Å²) in [7, 11) is 2.85. The highest BCUT2D eigenvalue weighted by Gasteiger charge is 2.50. The van der Waals surface area contributed by atoms with Gasteiger partial charge in [-0.05, 0) is 88.3 Å². The molecule has 0 bridgehead atoms. The minimum Gasteiger partial charge on any atom is -0.496 e. The molecule has 1 unspecified atom stereocenters. The monoisotopic (exact) mass is 562 g/mol. The Bertz CT molecular complexity index is 1500. The van der Waals surface area contributed by atoms with E-state index in [1.165, 1.54) is 18.8 Å². The molecule has 2 fully saturated rings. The molecule has 0 radical (unpaired) electrons. The lowest BCUT2D eigenvalue weighted by atomic mass is 9.79. The van der Waals surface area contributed by atoms with Crippen LogP contribution >= 0.6 is 0 Å². The van der Waals surface area contributed by atoms with E-state index in [0.29, 0.717) is 47.2 Å². The molecule has 1 saturated heterocycles. The molecule has 1 aliphatic carbocycles. The van der Waals surface area contributed by atoms with Gasteiger partial charge in [-0.1, -0.05) is 12.1 Å². The molecule has 1 N–H and O–H groups in total. The summed E-state index contributed by atoms with van der Waals surface area (Å²) in [6.45, 7) is 7.62. The molecule has 2 atom stereocenters. The fourth-order valence-electron chi connectivity index (χ4n) is 6.00. The van der Waals surface area contributed by atoms with Crippen molar-refractivity contribution in [1.82, 2.24) is 9.47 Å². The molecule has 1 aliphatic heterocycles. The third-order valence-corrected chi connectivity index (χ3v) is 8.17. The zero-order valence-corrected chi connectivity index (χ0v) is 24.5. The maximum atomic E-state index is 14.5. The van der Waals surface area contributed by atoms with Crippen molar-refractivity contribution in [2.75, 3.05) is 20.8 Å². The van der Waals surface area contributed by atoms with Crippen LogP contribution in [0, 0.1) is 12.8 Å². The Balaban J connectivity index is 1.58. The van der Waals surface area contributed by atoms with E-state index in [1.807, 2.05) is 19.1 Å². The van der Waals surface area contributed by atoms with Crippen molar-refractivity contribution in [1.29, 1.82) is 0 Å². The summed E-state index contributed by atoms with van der Waals surface area (Å²) >= 11 is 0. The molecular weight excluding hydrogens is 524 g/mol. The van der Waals surface area contributed by atoms with Crippen molar-refractivity contribution in [3.63, 3.8) is 0 Å². The summed E-state index contributed by atoms with van der Waals surface area (Å²) in [4.78, 5) is 41.3. The maximum absolute atomic E-state index is 14.5. The topological polar surface area (TPSA) is 107 Å². The summed E-state index contributed by atoms with van der Waals surface area (Å²) in [6.07, 6.45) is 3.89. The molecular formula is C32H38N2O7. The molecule has 9 nitrogen and oxygen atoms in total. The third-order valence-electron chi connectivity index (χ3n) is 8.17. The number of rotatable bonds is 5. The number of methoxy groups -OCH3 is 2. The lowest BCUT2D eigenvalue weighted by Gasteiger charge is -2.45. The van der Waals surface area contributed by atoms with Gasteiger partial charge in [0, 0.05) is 24.5 Å². The van der Waals surface area contributed by atoms with E-state index in [0.717, 1.165) is 24.0 Å². The van der Waals surface area contributed by atoms with E-state index in [9.17, 15) is 19.5 Å². The number of aliphatic hydroxyl groups is 1. The van der Waals surface area contributed by atoms with Gasteiger partial charge in [0.1, 0.15) is 11.4 Å². The average Bonchev–Trinajstić information content (AvgIpc) is 3.71. The number of likely N-dealkylation sites (tertiary alicyclic amines) is 1. The molecule has 3 aromatic rings. The Morgan fingerprint density at radius 2 is 1.73 bits per heavy atom. The van der Waals surface area contributed by atoms with Gasteiger partial charge >= 0.3 is 12.1 Å². The number of benzene rings is 2. The van der Waals surface area contributed by atoms with E-state index in [1.54, 1.807) is 56.1 Å². The minimum atomic E-state index is -0.866. The maximum Gasteiger partial charge on any atom is 0.419 e. The van der Waals surface area contributed by atoms with E-state index in [2.05, 4.69) is 0 Å². The highest BCUT2D eigenvalue weighted by molar-refractivity contribution is 6.11. The molecule has 1 aromatic heterocycles. The van der Waals surface area contributed by atoms with Crippen molar-refractivity contribution < 1.29 is 33.7 Å². The first kappa shape index (κ1) is 28.7. The molecule has 9 heteroatoms. The van der Waals surface area contributed by atoms with Crippen LogP contribution in [-0.2, 0) is 9.47 Å². The van der Waals surface area contributed by atoms with Gasteiger partial charge in [-0.25, -0.2) is 9.59 Å². The molecule has 218 valence electrons. The van der Waals surface area contributed by atoms with Crippen molar-refractivity contribution in [3.8, 4) is 5.75 Å². The molecule has 2 heterocycles. The first-order valence-corrected chi connectivity index (χ1v) is 14.0. The Morgan fingerprint density at radius 3 is 2.32 bits per heavy atom. The van der Waals surface area contributed by atoms with Crippen LogP contribution in [0.15, 0.2) is 42.6 Å². The lowest BCUT2D eigenvalue weighted by molar-refractivity contribution is -0.0556. The lowest BCUT2D eigenvalue weighted by Crippen LogP contribution is -2.49. The van der Waals surface area contributed by atoms with Gasteiger partial charge in [0.05, 0.1) is 42.5 Å². The van der Waals surface area contributed by atoms with Crippen molar-refractivity contribution in [2.24, 2.45) is 5.92 Å². The zero-order chi connectivity index (χ0) is 29.7. The standard InChI is InChI=1S/C32H38N2O7/c1-19-17-25(39-5)26(23-13-15-34(27(19)23)30(37)41-31(2,3)4)28(35)33-16-14-32(38,22-11-12-22)18-24(33)20-7-9-21(10-8-20)29(36)40-6/h7-10,13,15,17,22,24,38H,11-12,14,16,18H2,1-6H3/t24-,32?/m0/s1. The number of esters is 1. The number of carbonyl (C=O) groups excluding carboxylic acids is 3. The minimum absolute atomic E-state index is 0.222. The van der Waals surface area contributed by atoms with Crippen LogP contribution in [0.4, 0.5) is 4.79 Å². The van der Waals surface area contributed by atoms with Crippen molar-refractivity contribution in [3.05, 3.63) is 64.8 Å². The summed E-state index contributed by atoms with van der Waals surface area (Å²) in [6, 6.07) is 10.1. The van der Waals surface area contributed by atoms with Gasteiger partial charge in [-0.2, -0.15) is 0 Å². The van der Waals surface area contributed by atoms with Crippen molar-refractivity contribution >= 4 is 28.9 Å². The second-order valence-electron chi connectivity index (χ2n) is 12.2. The molecule has 5 rings (SSSR count). The van der Waals surface area contributed by atoms with Crippen LogP contribution in [-0.4, -0.2) is 64.5 Å². The molecule has 2 aromatic carbocycles. The van der Waals surface area contributed by atoms with Crippen LogP contribution in [0.3, 0.4) is 0 Å². The molecule has 1 amide bonds. The summed E-state index contributed by atoms with van der Waals surface area (Å²) in [5.41, 5.74) is 1.37. The highest BCUT2D eigenvalue weighted by atomic mass is 16.6. The van der Waals surface area contributed by atoms with E-state index in [4.69, 9.17) is 14.2 Å². The van der Waals surface area contributed by atoms with Gasteiger partial charge < -0.3 is 24.2 Å². The van der Waals surface area contributed by atoms with Gasteiger partial charge in [0.2, 0.25) is 0 Å². The Morgan fingerprint density at radius 1 is 1.05 bits per heavy atom. The van der Waals surface area contributed by atoms with Crippen LogP contribution < -0.4 is 4.74 Å². The SMILES string of the molecule is COC(=O)c1ccc([C@@H]2CC(O)(C3CC3)CCN2C(=O)c2c(OC)cc(C)c3c2ccn3C(=O)OC(C)(C)C)cc1. The number of aromatic nitrogens is 1. The van der Waals surface area contributed by atoms with Crippen LogP contribution in [0.25, 0.3) is 10.9 Å². The number of hydrogen-bond donors (Lipinski definition) is 1. The number of carbonyl (C=O) groups is 3. The van der Waals surface area contributed by atoms with Crippen LogP contribution in [0.5, 0.6) is 5.75 Å². The fraction of sp³-hybridized carbons (Fsp3) is 0.469. The smallest absolute Gasteiger partial charge is 0.419 e. The molecule has 2 aliphatic rings.